The van der Waals surface area contributed by atoms with Crippen molar-refractivity contribution in [3.05, 3.63) is 155 Å². The van der Waals surface area contributed by atoms with E-state index in [2.05, 4.69) is 166 Å². The zero-order chi connectivity index (χ0) is 55.1. The van der Waals surface area contributed by atoms with E-state index < -0.39 is 0 Å². The number of aryl methyl sites for hydroxylation is 3. The van der Waals surface area contributed by atoms with E-state index >= 15 is 0 Å². The lowest BCUT2D eigenvalue weighted by molar-refractivity contribution is -0.121. The molecule has 0 bridgehead atoms. The number of nitrogens with zero attached hydrogens (tertiary/aromatic N) is 3. The number of thioether (sulfide) groups is 1. The molecular weight excluding hydrogens is 1000 g/mol. The molecule has 5 aromatic rings. The molecule has 3 amide bonds. The van der Waals surface area contributed by atoms with Crippen LogP contribution in [0.1, 0.15) is 106 Å². The van der Waals surface area contributed by atoms with Crippen LogP contribution in [0.2, 0.25) is 0 Å². The van der Waals surface area contributed by atoms with Gasteiger partial charge in [-0.15, -0.1) is 11.8 Å². The van der Waals surface area contributed by atoms with Gasteiger partial charge < -0.3 is 30.9 Å². The summed E-state index contributed by atoms with van der Waals surface area (Å²) in [6.45, 7) is 14.4. The minimum atomic E-state index is -0.285. The van der Waals surface area contributed by atoms with Crippen molar-refractivity contribution in [3.63, 3.8) is 0 Å². The van der Waals surface area contributed by atoms with E-state index in [1.165, 1.54) is 31.4 Å². The fraction of sp³-hybridized carbons (Fsp3) is 0.429. The first kappa shape index (κ1) is 63.4. The molecule has 0 spiro atoms. The number of hydrogen-bond donors (Lipinski definition) is 4. The molecule has 4 N–H and O–H groups in total. The molecule has 4 aromatic carbocycles. The van der Waals surface area contributed by atoms with E-state index in [-0.39, 0.29) is 35.3 Å². The number of pyridine rings is 1. The Morgan fingerprint density at radius 1 is 0.671 bits per heavy atom. The topological polar surface area (TPSA) is 127 Å². The third-order valence-corrected chi connectivity index (χ3v) is 15.8. The summed E-state index contributed by atoms with van der Waals surface area (Å²) in [6, 6.07) is 37.5. The number of benzene rings is 4. The van der Waals surface area contributed by atoms with E-state index in [4.69, 9.17) is 0 Å². The van der Waals surface area contributed by atoms with Crippen LogP contribution in [-0.2, 0) is 20.8 Å². The Labute approximate surface area is 469 Å². The van der Waals surface area contributed by atoms with E-state index in [9.17, 15) is 19.5 Å². The first-order chi connectivity index (χ1) is 36.4. The summed E-state index contributed by atoms with van der Waals surface area (Å²) in [6.07, 6.45) is 17.4. The zero-order valence-corrected chi connectivity index (χ0v) is 49.2. The molecule has 0 saturated heterocycles. The highest BCUT2D eigenvalue weighted by molar-refractivity contribution is 7.99. The zero-order valence-electron chi connectivity index (χ0n) is 46.8. The average molecular weight is 1090 g/mol. The predicted molar refractivity (Wildman–Crippen MR) is 322 cm³/mol. The lowest BCUT2D eigenvalue weighted by Crippen LogP contribution is -2.38. The summed E-state index contributed by atoms with van der Waals surface area (Å²) >= 11 is 5.19. The van der Waals surface area contributed by atoms with Crippen molar-refractivity contribution in [1.29, 1.82) is 0 Å². The summed E-state index contributed by atoms with van der Waals surface area (Å²) in [5.74, 6) is 0.969. The van der Waals surface area contributed by atoms with Gasteiger partial charge in [0.05, 0.1) is 6.10 Å². The largest absolute Gasteiger partial charge is 0.393 e. The Hall–Kier alpha value is -5.15. The maximum absolute atomic E-state index is 12.1. The normalized spacial score (nSPS) is 14.5. The van der Waals surface area contributed by atoms with Gasteiger partial charge in [-0.3, -0.25) is 14.4 Å². The molecular formula is C63H86N6O4S3. The van der Waals surface area contributed by atoms with E-state index in [1.54, 1.807) is 53.6 Å². The lowest BCUT2D eigenvalue weighted by atomic mass is 9.93. The molecule has 0 radical (unpaired) electrons. The van der Waals surface area contributed by atoms with E-state index in [0.717, 1.165) is 104 Å². The highest BCUT2D eigenvalue weighted by Gasteiger charge is 2.21. The quantitative estimate of drug-likeness (QED) is 0.0269. The Kier molecular flexibility index (Phi) is 29.4. The van der Waals surface area contributed by atoms with Gasteiger partial charge in [0.15, 0.2) is 0 Å². The van der Waals surface area contributed by atoms with Crippen molar-refractivity contribution in [1.82, 2.24) is 30.7 Å². The van der Waals surface area contributed by atoms with Crippen molar-refractivity contribution in [2.24, 2.45) is 5.41 Å². The standard InChI is InChI=1S/C22H30N2OS.C22H28N2OS.C19H28N2O2S/c2*1-18-10-13-20(14-11-18)26-21-9-5-4-8-19(21)12-15-22(25)23-16-6-7-17-24(2)3;1-19(2,3)13-24-18-14(6-5-11-20-18)9-10-17(23)21-15-7-4-8-16(22)12-15/h4-5,8-11,13-14H,6-7,12,15-17H2,1-3H3,(H,23,25);4-5,8-15H,6-7,16-17H2,1-3H3,(H,23,25);5-6,9-11,15-16,22H,4,7-8,12-13H2,1-3H3,(H,21,23)/b;15-12-;10-9+. The van der Waals surface area contributed by atoms with Crippen molar-refractivity contribution in [2.45, 2.75) is 136 Å². The number of hydrogen-bond acceptors (Lipinski definition) is 10. The molecule has 0 aliphatic heterocycles. The SMILES string of the molecule is CC(C)(C)CSc1ncccc1/C=C/C(=O)NC1CCCC(O)C1.Cc1ccc(Sc2ccccc2/C=C\C(=O)NCCCCN(C)C)cc1.Cc1ccc(Sc2ccccc2CCC(=O)NCCCCN(C)C)cc1. The number of carbonyl (C=O) groups is 3. The predicted octanol–water partition coefficient (Wildman–Crippen LogP) is 12.8. The number of unbranched alkanes of at least 4 members (excludes halogenated alkanes) is 2. The van der Waals surface area contributed by atoms with Gasteiger partial charge in [0, 0.05) is 74.8 Å². The second-order valence-electron chi connectivity index (χ2n) is 21.1. The maximum Gasteiger partial charge on any atom is 0.244 e. The third kappa shape index (κ3) is 27.8. The highest BCUT2D eigenvalue weighted by Crippen LogP contribution is 2.33. The smallest absolute Gasteiger partial charge is 0.244 e. The summed E-state index contributed by atoms with van der Waals surface area (Å²) < 4.78 is 0. The number of aliphatic hydroxyl groups is 1. The number of aliphatic hydroxyl groups excluding tert-OH is 1. The maximum atomic E-state index is 12.1. The van der Waals surface area contributed by atoms with Crippen molar-refractivity contribution < 1.29 is 19.5 Å². The van der Waals surface area contributed by atoms with Gasteiger partial charge in [-0.2, -0.15) is 0 Å². The van der Waals surface area contributed by atoms with Gasteiger partial charge in [-0.25, -0.2) is 4.98 Å². The summed E-state index contributed by atoms with van der Waals surface area (Å²) in [7, 11) is 8.27. The van der Waals surface area contributed by atoms with Crippen LogP contribution in [0.15, 0.2) is 152 Å². The minimum absolute atomic E-state index is 0.0370. The molecule has 1 heterocycles. The second-order valence-corrected chi connectivity index (χ2v) is 24.3. The fourth-order valence-corrected chi connectivity index (χ4v) is 10.6. The van der Waals surface area contributed by atoms with Crippen LogP contribution in [0.25, 0.3) is 12.2 Å². The monoisotopic (exact) mass is 1090 g/mol. The highest BCUT2D eigenvalue weighted by atomic mass is 32.2. The van der Waals surface area contributed by atoms with Crippen LogP contribution < -0.4 is 16.0 Å². The fourth-order valence-electron chi connectivity index (χ4n) is 7.74. The van der Waals surface area contributed by atoms with Crippen LogP contribution in [0.3, 0.4) is 0 Å². The number of amides is 3. The first-order valence-corrected chi connectivity index (χ1v) is 29.5. The Balaban J connectivity index is 0.000000247. The molecule has 2 unspecified atom stereocenters. The van der Waals surface area contributed by atoms with Crippen molar-refractivity contribution in [3.8, 4) is 0 Å². The van der Waals surface area contributed by atoms with Crippen molar-refractivity contribution >= 4 is 65.2 Å². The van der Waals surface area contributed by atoms with Crippen LogP contribution in [0, 0.1) is 19.3 Å². The minimum Gasteiger partial charge on any atom is -0.393 e. The molecule has 10 nitrogen and oxygen atoms in total. The van der Waals surface area contributed by atoms with E-state index in [1.807, 2.05) is 48.6 Å². The van der Waals surface area contributed by atoms with Gasteiger partial charge >= 0.3 is 0 Å². The number of rotatable bonds is 24. The molecule has 6 rings (SSSR count). The second kappa shape index (κ2) is 35.3. The lowest BCUT2D eigenvalue weighted by Gasteiger charge is -2.26. The Morgan fingerprint density at radius 3 is 1.84 bits per heavy atom. The van der Waals surface area contributed by atoms with Crippen molar-refractivity contribution in [2.75, 3.05) is 60.1 Å². The number of carbonyl (C=O) groups excluding carboxylic acids is 3. The van der Waals surface area contributed by atoms with Gasteiger partial charge in [-0.1, -0.05) is 122 Å². The molecule has 1 aliphatic carbocycles. The number of nitrogens with one attached hydrogen (secondary N) is 3. The molecule has 2 atom stereocenters. The molecule has 1 fully saturated rings. The first-order valence-electron chi connectivity index (χ1n) is 26.8. The Morgan fingerprint density at radius 2 is 1.22 bits per heavy atom. The molecule has 1 saturated carbocycles. The molecule has 1 aromatic heterocycles. The molecule has 410 valence electrons. The van der Waals surface area contributed by atoms with Gasteiger partial charge in [0.2, 0.25) is 17.7 Å². The van der Waals surface area contributed by atoms with Gasteiger partial charge in [0.25, 0.3) is 0 Å². The summed E-state index contributed by atoms with van der Waals surface area (Å²) in [5.41, 5.74) is 6.00. The third-order valence-electron chi connectivity index (χ3n) is 12.0. The van der Waals surface area contributed by atoms with E-state index in [0.29, 0.717) is 12.8 Å². The van der Waals surface area contributed by atoms with Crippen LogP contribution in [0.4, 0.5) is 0 Å². The number of aromatic nitrogens is 1. The molecule has 13 heteroatoms. The van der Waals surface area contributed by atoms with Crippen LogP contribution in [-0.4, -0.2) is 110 Å². The summed E-state index contributed by atoms with van der Waals surface area (Å²) in [4.78, 5) is 49.8. The average Bonchev–Trinajstić information content (AvgIpc) is 3.38. The van der Waals surface area contributed by atoms with Gasteiger partial charge in [-0.05, 0) is 184 Å². The van der Waals surface area contributed by atoms with Crippen LogP contribution in [0.5, 0.6) is 0 Å². The Bertz CT molecular complexity index is 2540. The van der Waals surface area contributed by atoms with Gasteiger partial charge in [0.1, 0.15) is 5.03 Å². The summed E-state index contributed by atoms with van der Waals surface area (Å²) in [5, 5.41) is 19.6. The molecule has 1 aliphatic rings. The van der Waals surface area contributed by atoms with Crippen LogP contribution >= 0.6 is 35.3 Å². The molecule has 76 heavy (non-hydrogen) atoms.